The van der Waals surface area contributed by atoms with Crippen LogP contribution in [0.25, 0.3) is 0 Å². The highest BCUT2D eigenvalue weighted by atomic mass is 28.4. The second-order valence-corrected chi connectivity index (χ2v) is 15.7. The number of nitrogens with zero attached hydrogens (tertiary/aromatic N) is 4. The van der Waals surface area contributed by atoms with Crippen molar-refractivity contribution in [1.82, 2.24) is 20.3 Å². The molecule has 2 aromatic carbocycles. The van der Waals surface area contributed by atoms with Gasteiger partial charge in [0.05, 0.1) is 37.0 Å². The van der Waals surface area contributed by atoms with Crippen LogP contribution in [0.4, 0.5) is 9.80 Å². The highest BCUT2D eigenvalue weighted by Crippen LogP contribution is 2.47. The van der Waals surface area contributed by atoms with E-state index >= 15 is 4.11 Å². The normalized spacial score (nSPS) is 24.1. The number of ether oxygens (including phenoxy) is 1. The van der Waals surface area contributed by atoms with Crippen molar-refractivity contribution in [3.8, 4) is 0 Å². The molecule has 2 aliphatic heterocycles. The number of aromatic nitrogens is 3. The summed E-state index contributed by atoms with van der Waals surface area (Å²) in [5.41, 5.74) is 3.75. The molecule has 1 unspecified atom stereocenters. The van der Waals surface area contributed by atoms with Crippen molar-refractivity contribution in [2.24, 2.45) is 5.92 Å². The van der Waals surface area contributed by atoms with Crippen LogP contribution < -0.4 is 10.2 Å². The second-order valence-electron chi connectivity index (χ2n) is 11.9. The van der Waals surface area contributed by atoms with E-state index in [9.17, 15) is 9.90 Å². The van der Waals surface area contributed by atoms with Gasteiger partial charge in [-0.15, -0.1) is 5.10 Å². The van der Waals surface area contributed by atoms with Crippen LogP contribution in [0.5, 0.6) is 0 Å². The number of nitrogens with one attached hydrogen (secondary N) is 1. The average molecular weight is 580 g/mol. The largest absolute Gasteiger partial charge is 0.395 e. The topological polar surface area (TPSA) is 92.5 Å². The third-order valence-electron chi connectivity index (χ3n) is 8.69. The predicted molar refractivity (Wildman–Crippen MR) is 160 cm³/mol. The first-order valence-corrected chi connectivity index (χ1v) is 17.7. The van der Waals surface area contributed by atoms with Crippen LogP contribution in [-0.4, -0.2) is 72.9 Å². The Morgan fingerprint density at radius 3 is 2.56 bits per heavy atom. The van der Waals surface area contributed by atoms with Crippen molar-refractivity contribution >= 4 is 20.0 Å². The minimum atomic E-state index is -2.98. The number of hydrogen-bond acceptors (Lipinski definition) is 6. The smallest absolute Gasteiger partial charge is 0.246 e. The van der Waals surface area contributed by atoms with E-state index in [1.165, 1.54) is 5.56 Å². The highest BCUT2D eigenvalue weighted by Gasteiger charge is 2.50. The number of amides is 1. The molecule has 2 saturated heterocycles. The van der Waals surface area contributed by atoms with Gasteiger partial charge in [0, 0.05) is 37.1 Å². The zero-order chi connectivity index (χ0) is 29.0. The van der Waals surface area contributed by atoms with E-state index < -0.39 is 8.41 Å². The van der Waals surface area contributed by atoms with Gasteiger partial charge in [-0.3, -0.25) is 9.48 Å². The highest BCUT2D eigenvalue weighted by molar-refractivity contribution is 6.72. The van der Waals surface area contributed by atoms with Gasteiger partial charge in [0.25, 0.3) is 0 Å². The predicted octanol–water partition coefficient (Wildman–Crippen LogP) is 4.31. The number of benzene rings is 2. The van der Waals surface area contributed by atoms with E-state index in [2.05, 4.69) is 34.7 Å². The summed E-state index contributed by atoms with van der Waals surface area (Å²) >= 11 is 0. The molecule has 3 heterocycles. The first-order chi connectivity index (χ1) is 19.7. The average Bonchev–Trinajstić information content (AvgIpc) is 3.56. The Bertz CT molecular complexity index is 1280. The summed E-state index contributed by atoms with van der Waals surface area (Å²) in [4.78, 5) is 14.0. The lowest BCUT2D eigenvalue weighted by Crippen LogP contribution is -2.48. The summed E-state index contributed by atoms with van der Waals surface area (Å²) in [6, 6.07) is 18.0. The fourth-order valence-electron chi connectivity index (χ4n) is 6.58. The SMILES string of the molecule is C[C@H]1[C@H]([Si](C)(C)F)[C@@H](CCn2cc(C(CO)c3ccccc3)nn2)O[C@H]1CCc1ccc(N2CCNCC2=O)cc1. The summed E-state index contributed by atoms with van der Waals surface area (Å²) in [6.45, 7) is 8.13. The van der Waals surface area contributed by atoms with Gasteiger partial charge in [0.15, 0.2) is 0 Å². The number of rotatable bonds is 11. The lowest BCUT2D eigenvalue weighted by molar-refractivity contribution is -0.118. The lowest BCUT2D eigenvalue weighted by atomic mass is 9.95. The Balaban J connectivity index is 1.19. The quantitative estimate of drug-likeness (QED) is 0.260. The number of carbonyl (C=O) groups is 1. The first kappa shape index (κ1) is 29.6. The van der Waals surface area contributed by atoms with Crippen LogP contribution in [0.15, 0.2) is 60.8 Å². The van der Waals surface area contributed by atoms with Crippen LogP contribution in [0.3, 0.4) is 0 Å². The Hall–Kier alpha value is -2.92. The molecule has 2 aliphatic rings. The molecular formula is C31H42FN5O3Si. The van der Waals surface area contributed by atoms with Gasteiger partial charge in [0.1, 0.15) is 0 Å². The molecule has 5 rings (SSSR count). The maximum Gasteiger partial charge on any atom is 0.246 e. The number of carbonyl (C=O) groups excluding carboxylic acids is 1. The molecule has 10 heteroatoms. The van der Waals surface area contributed by atoms with Crippen LogP contribution in [-0.2, 0) is 22.5 Å². The maximum atomic E-state index is 15.6. The first-order valence-electron chi connectivity index (χ1n) is 14.7. The molecule has 3 aromatic rings. The molecule has 2 fully saturated rings. The van der Waals surface area contributed by atoms with Crippen LogP contribution >= 0.6 is 0 Å². The number of aliphatic hydroxyl groups excluding tert-OH is 1. The van der Waals surface area contributed by atoms with Gasteiger partial charge >= 0.3 is 0 Å². The standard InChI is InChI=1S/C31H42FN5O3Si/c1-22-28(14-11-23-9-12-25(13-10-23)37-18-16-33-19-30(37)39)40-29(31(22)41(2,3)32)15-17-36-20-27(34-35-36)26(21-38)24-7-5-4-6-8-24/h4-10,12-13,20,22,26,28-29,31,33,38H,11,14-19,21H2,1-3H3/t22-,26?,28+,29-,31+/m1/s1. The molecular weight excluding hydrogens is 537 g/mol. The van der Waals surface area contributed by atoms with Crippen molar-refractivity contribution in [2.75, 3.05) is 31.1 Å². The third-order valence-corrected chi connectivity index (χ3v) is 11.2. The molecule has 8 nitrogen and oxygen atoms in total. The summed E-state index contributed by atoms with van der Waals surface area (Å²) < 4.78 is 24.0. The van der Waals surface area contributed by atoms with Gasteiger partial charge < -0.3 is 24.2 Å². The lowest BCUT2D eigenvalue weighted by Gasteiger charge is -2.28. The second kappa shape index (κ2) is 12.9. The number of piperazine rings is 1. The molecule has 220 valence electrons. The number of aliphatic hydroxyl groups is 1. The molecule has 1 amide bonds. The monoisotopic (exact) mass is 579 g/mol. The van der Waals surface area contributed by atoms with E-state index in [0.29, 0.717) is 26.1 Å². The van der Waals surface area contributed by atoms with Crippen LogP contribution in [0.2, 0.25) is 18.6 Å². The fraction of sp³-hybridized carbons (Fsp3) is 0.516. The molecule has 1 aromatic heterocycles. The molecule has 41 heavy (non-hydrogen) atoms. The minimum Gasteiger partial charge on any atom is -0.395 e. The van der Waals surface area contributed by atoms with Gasteiger partial charge in [-0.05, 0) is 61.5 Å². The number of aryl methyl sites for hydroxylation is 2. The number of halogens is 1. The van der Waals surface area contributed by atoms with Crippen molar-refractivity contribution in [1.29, 1.82) is 0 Å². The molecule has 0 bridgehead atoms. The molecule has 2 N–H and O–H groups in total. The molecule has 0 aliphatic carbocycles. The molecule has 0 saturated carbocycles. The number of anilines is 1. The maximum absolute atomic E-state index is 15.6. The summed E-state index contributed by atoms with van der Waals surface area (Å²) in [5.74, 6) is -0.000193. The molecule has 0 spiro atoms. The minimum absolute atomic E-state index is 0.00916. The zero-order valence-corrected chi connectivity index (χ0v) is 25.2. The van der Waals surface area contributed by atoms with Crippen molar-refractivity contribution in [2.45, 2.75) is 69.5 Å². The van der Waals surface area contributed by atoms with Crippen molar-refractivity contribution < 1.29 is 18.7 Å². The Morgan fingerprint density at radius 2 is 1.88 bits per heavy atom. The summed E-state index contributed by atoms with van der Waals surface area (Å²) in [6.07, 6.45) is 4.04. The Morgan fingerprint density at radius 1 is 1.12 bits per heavy atom. The fourth-order valence-corrected chi connectivity index (χ4v) is 9.17. The number of hydrogen-bond donors (Lipinski definition) is 2. The Labute approximate surface area is 243 Å². The third kappa shape index (κ3) is 6.94. The van der Waals surface area contributed by atoms with E-state index in [-0.39, 0.29) is 42.1 Å². The van der Waals surface area contributed by atoms with Crippen molar-refractivity contribution in [3.63, 3.8) is 0 Å². The van der Waals surface area contributed by atoms with Gasteiger partial charge in [-0.2, -0.15) is 0 Å². The van der Waals surface area contributed by atoms with Gasteiger partial charge in [-0.25, -0.2) is 0 Å². The van der Waals surface area contributed by atoms with Crippen LogP contribution in [0.1, 0.15) is 42.5 Å². The zero-order valence-electron chi connectivity index (χ0n) is 24.2. The van der Waals surface area contributed by atoms with E-state index in [0.717, 1.165) is 36.3 Å². The summed E-state index contributed by atoms with van der Waals surface area (Å²) in [5, 5.41) is 21.7. The van der Waals surface area contributed by atoms with Gasteiger partial charge in [-0.1, -0.05) is 54.6 Å². The molecule has 5 atom stereocenters. The van der Waals surface area contributed by atoms with E-state index in [1.807, 2.05) is 53.6 Å². The Kier molecular flexibility index (Phi) is 9.33. The van der Waals surface area contributed by atoms with Crippen LogP contribution in [0, 0.1) is 5.92 Å². The summed E-state index contributed by atoms with van der Waals surface area (Å²) in [7, 11) is -2.98. The van der Waals surface area contributed by atoms with Crippen molar-refractivity contribution in [3.05, 3.63) is 77.6 Å². The molecule has 0 radical (unpaired) electrons. The van der Waals surface area contributed by atoms with E-state index in [1.54, 1.807) is 17.8 Å². The van der Waals surface area contributed by atoms with E-state index in [4.69, 9.17) is 4.74 Å². The van der Waals surface area contributed by atoms with Gasteiger partial charge in [0.2, 0.25) is 14.3 Å².